The Labute approximate surface area is 132 Å². The van der Waals surface area contributed by atoms with Gasteiger partial charge >= 0.3 is 0 Å². The number of ether oxygens (including phenoxy) is 1. The van der Waals surface area contributed by atoms with E-state index in [0.717, 1.165) is 26.2 Å². The van der Waals surface area contributed by atoms with Crippen molar-refractivity contribution in [3.63, 3.8) is 0 Å². The first-order valence-electron chi connectivity index (χ1n) is 8.14. The van der Waals surface area contributed by atoms with E-state index in [2.05, 4.69) is 51.8 Å². The summed E-state index contributed by atoms with van der Waals surface area (Å²) < 4.78 is 8.06. The van der Waals surface area contributed by atoms with Crippen LogP contribution in [0.4, 0.5) is 0 Å². The second kappa shape index (κ2) is 7.56. The van der Waals surface area contributed by atoms with Crippen LogP contribution < -0.4 is 0 Å². The lowest BCUT2D eigenvalue weighted by molar-refractivity contribution is -0.00286. The molecule has 22 heavy (non-hydrogen) atoms. The largest absolute Gasteiger partial charge is 0.377 e. The lowest BCUT2D eigenvalue weighted by atomic mass is 10.1. The van der Waals surface area contributed by atoms with Gasteiger partial charge in [-0.3, -0.25) is 4.90 Å². The van der Waals surface area contributed by atoms with Crippen molar-refractivity contribution in [1.29, 1.82) is 0 Å². The molecule has 0 bridgehead atoms. The molecule has 1 aromatic heterocycles. The van der Waals surface area contributed by atoms with Crippen LogP contribution in [0.3, 0.4) is 0 Å². The summed E-state index contributed by atoms with van der Waals surface area (Å²) in [6.07, 6.45) is 7.99. The Hall–Kier alpha value is -1.65. The van der Waals surface area contributed by atoms with E-state index >= 15 is 0 Å². The minimum absolute atomic E-state index is 0.393. The summed E-state index contributed by atoms with van der Waals surface area (Å²) in [6, 6.07) is 10.5. The number of rotatable bonds is 6. The molecule has 1 atom stereocenters. The van der Waals surface area contributed by atoms with Crippen molar-refractivity contribution >= 4 is 0 Å². The molecule has 0 saturated carbocycles. The maximum absolute atomic E-state index is 5.83. The van der Waals surface area contributed by atoms with Gasteiger partial charge < -0.3 is 9.30 Å². The van der Waals surface area contributed by atoms with Gasteiger partial charge in [-0.25, -0.2) is 4.98 Å². The molecule has 2 aromatic rings. The first-order chi connectivity index (χ1) is 10.8. The quantitative estimate of drug-likeness (QED) is 0.821. The fourth-order valence-corrected chi connectivity index (χ4v) is 3.04. The molecule has 0 spiro atoms. The molecule has 1 aromatic carbocycles. The lowest BCUT2D eigenvalue weighted by Gasteiger charge is -2.27. The van der Waals surface area contributed by atoms with Crippen LogP contribution >= 0.6 is 0 Å². The Morgan fingerprint density at radius 1 is 1.27 bits per heavy atom. The van der Waals surface area contributed by atoms with Crippen LogP contribution in [-0.4, -0.2) is 40.8 Å². The number of nitrogens with zero attached hydrogens (tertiary/aromatic N) is 3. The van der Waals surface area contributed by atoms with Crippen molar-refractivity contribution in [2.24, 2.45) is 0 Å². The normalized spacial score (nSPS) is 18.7. The van der Waals surface area contributed by atoms with Crippen LogP contribution in [0.5, 0.6) is 0 Å². The number of aromatic nitrogens is 2. The molecular weight excluding hydrogens is 274 g/mol. The standard InChI is InChI=1S/C18H25N3O/c1-20(14-18-9-5-6-10-22-18)13-17-11-19-15-21(17)12-16-7-3-2-4-8-16/h2-4,7-8,11,15,18H,5-6,9-10,12-14H2,1H3/t18-/m0/s1. The van der Waals surface area contributed by atoms with Crippen LogP contribution in [0.15, 0.2) is 42.9 Å². The number of hydrogen-bond acceptors (Lipinski definition) is 3. The smallest absolute Gasteiger partial charge is 0.0951 e. The number of likely N-dealkylation sites (N-methyl/N-ethyl adjacent to an activating group) is 1. The maximum atomic E-state index is 5.83. The highest BCUT2D eigenvalue weighted by molar-refractivity contribution is 5.16. The van der Waals surface area contributed by atoms with Crippen LogP contribution in [-0.2, 0) is 17.8 Å². The minimum Gasteiger partial charge on any atom is -0.377 e. The van der Waals surface area contributed by atoms with Crippen molar-refractivity contribution in [3.8, 4) is 0 Å². The highest BCUT2D eigenvalue weighted by Gasteiger charge is 2.16. The summed E-state index contributed by atoms with van der Waals surface area (Å²) in [5, 5.41) is 0. The molecule has 0 amide bonds. The van der Waals surface area contributed by atoms with Crippen LogP contribution in [0.2, 0.25) is 0 Å². The summed E-state index contributed by atoms with van der Waals surface area (Å²) in [5.74, 6) is 0. The summed E-state index contributed by atoms with van der Waals surface area (Å²) >= 11 is 0. The minimum atomic E-state index is 0.393. The molecule has 118 valence electrons. The van der Waals surface area contributed by atoms with Crippen LogP contribution in [0.25, 0.3) is 0 Å². The monoisotopic (exact) mass is 299 g/mol. The van der Waals surface area contributed by atoms with Gasteiger partial charge in [0.1, 0.15) is 0 Å². The molecule has 1 aliphatic rings. The molecule has 1 fully saturated rings. The molecule has 1 aliphatic heterocycles. The fourth-order valence-electron chi connectivity index (χ4n) is 3.04. The SMILES string of the molecule is CN(Cc1cncn1Cc1ccccc1)C[C@@H]1CCCCO1. The van der Waals surface area contributed by atoms with Gasteiger partial charge in [0.05, 0.1) is 18.1 Å². The Balaban J connectivity index is 1.57. The predicted octanol–water partition coefficient (Wildman–Crippen LogP) is 2.93. The van der Waals surface area contributed by atoms with E-state index in [0.29, 0.717) is 6.10 Å². The second-order valence-corrected chi connectivity index (χ2v) is 6.18. The fraction of sp³-hybridized carbons (Fsp3) is 0.500. The second-order valence-electron chi connectivity index (χ2n) is 6.18. The van der Waals surface area contributed by atoms with Gasteiger partial charge in [-0.15, -0.1) is 0 Å². The zero-order valence-electron chi connectivity index (χ0n) is 13.3. The number of benzene rings is 1. The molecule has 0 N–H and O–H groups in total. The highest BCUT2D eigenvalue weighted by Crippen LogP contribution is 2.15. The van der Waals surface area contributed by atoms with E-state index in [1.807, 2.05) is 12.5 Å². The highest BCUT2D eigenvalue weighted by atomic mass is 16.5. The summed E-state index contributed by atoms with van der Waals surface area (Å²) in [7, 11) is 2.16. The molecule has 2 heterocycles. The first-order valence-corrected chi connectivity index (χ1v) is 8.14. The third kappa shape index (κ3) is 4.18. The van der Waals surface area contributed by atoms with Crippen molar-refractivity contribution < 1.29 is 4.74 Å². The lowest BCUT2D eigenvalue weighted by Crippen LogP contribution is -2.33. The zero-order chi connectivity index (χ0) is 15.2. The molecular formula is C18H25N3O. The third-order valence-corrected chi connectivity index (χ3v) is 4.22. The van der Waals surface area contributed by atoms with Gasteiger partial charge in [0.15, 0.2) is 0 Å². The van der Waals surface area contributed by atoms with Crippen molar-refractivity contribution in [2.75, 3.05) is 20.2 Å². The van der Waals surface area contributed by atoms with Crippen LogP contribution in [0.1, 0.15) is 30.5 Å². The van der Waals surface area contributed by atoms with Crippen LogP contribution in [0, 0.1) is 0 Å². The van der Waals surface area contributed by atoms with E-state index < -0.39 is 0 Å². The van der Waals surface area contributed by atoms with Crippen molar-refractivity contribution in [1.82, 2.24) is 14.5 Å². The van der Waals surface area contributed by atoms with E-state index in [9.17, 15) is 0 Å². The van der Waals surface area contributed by atoms with Gasteiger partial charge in [0.2, 0.25) is 0 Å². The average molecular weight is 299 g/mol. The summed E-state index contributed by atoms with van der Waals surface area (Å²) in [4.78, 5) is 6.66. The number of imidazole rings is 1. The van der Waals surface area contributed by atoms with E-state index in [4.69, 9.17) is 4.74 Å². The molecule has 0 radical (unpaired) electrons. The molecule has 4 heteroatoms. The van der Waals surface area contributed by atoms with Crippen molar-refractivity contribution in [3.05, 3.63) is 54.1 Å². The summed E-state index contributed by atoms with van der Waals surface area (Å²) in [6.45, 7) is 3.71. The first kappa shape index (κ1) is 15.3. The Bertz CT molecular complexity index is 561. The van der Waals surface area contributed by atoms with Gasteiger partial charge in [-0.1, -0.05) is 30.3 Å². The Morgan fingerprint density at radius 3 is 2.91 bits per heavy atom. The molecule has 0 aliphatic carbocycles. The molecule has 3 rings (SSSR count). The predicted molar refractivity (Wildman–Crippen MR) is 87.7 cm³/mol. The molecule has 1 saturated heterocycles. The summed E-state index contributed by atoms with van der Waals surface area (Å²) in [5.41, 5.74) is 2.56. The maximum Gasteiger partial charge on any atom is 0.0951 e. The Kier molecular flexibility index (Phi) is 5.24. The van der Waals surface area contributed by atoms with E-state index in [-0.39, 0.29) is 0 Å². The topological polar surface area (TPSA) is 30.3 Å². The van der Waals surface area contributed by atoms with Gasteiger partial charge in [0.25, 0.3) is 0 Å². The average Bonchev–Trinajstić information content (AvgIpc) is 2.96. The van der Waals surface area contributed by atoms with Gasteiger partial charge in [-0.2, -0.15) is 0 Å². The van der Waals surface area contributed by atoms with Crippen molar-refractivity contribution in [2.45, 2.75) is 38.5 Å². The van der Waals surface area contributed by atoms with Gasteiger partial charge in [0, 0.05) is 32.4 Å². The number of hydrogen-bond donors (Lipinski definition) is 0. The van der Waals surface area contributed by atoms with E-state index in [1.165, 1.54) is 30.5 Å². The third-order valence-electron chi connectivity index (χ3n) is 4.22. The zero-order valence-corrected chi connectivity index (χ0v) is 13.3. The molecule has 4 nitrogen and oxygen atoms in total. The Morgan fingerprint density at radius 2 is 2.14 bits per heavy atom. The molecule has 0 unspecified atom stereocenters. The van der Waals surface area contributed by atoms with E-state index in [1.54, 1.807) is 0 Å². The van der Waals surface area contributed by atoms with Gasteiger partial charge in [-0.05, 0) is 31.9 Å².